The molecule has 1 aliphatic rings. The monoisotopic (exact) mass is 377 g/mol. The second-order valence-electron chi connectivity index (χ2n) is 4.67. The first-order valence-electron chi connectivity index (χ1n) is 6.60. The van der Waals surface area contributed by atoms with Crippen molar-refractivity contribution >= 4 is 63.4 Å². The van der Waals surface area contributed by atoms with E-state index in [0.29, 0.717) is 25.6 Å². The van der Waals surface area contributed by atoms with E-state index in [-0.39, 0.29) is 11.6 Å². The number of halogens is 1. The number of pyridine rings is 1. The molecule has 0 N–H and O–H groups in total. The minimum absolute atomic E-state index is 0.0765. The van der Waals surface area contributed by atoms with Gasteiger partial charge < -0.3 is 0 Å². The van der Waals surface area contributed by atoms with Crippen LogP contribution < -0.4 is 4.90 Å². The molecule has 6 nitrogen and oxygen atoms in total. The number of benzene rings is 1. The Kier molecular flexibility index (Phi) is 4.61. The van der Waals surface area contributed by atoms with Crippen molar-refractivity contribution in [3.05, 3.63) is 68.2 Å². The number of hydrogen-bond donors (Lipinski definition) is 0. The van der Waals surface area contributed by atoms with Gasteiger partial charge in [0, 0.05) is 12.3 Å². The molecule has 1 aromatic carbocycles. The second kappa shape index (κ2) is 6.68. The summed E-state index contributed by atoms with van der Waals surface area (Å²) in [5.74, 6) is -0.0224. The SMILES string of the molecule is O=C1/C(=C/c2ccccc2[N+](=O)[O-])SC(=S)N1c1ccc(Cl)cn1. The predicted molar refractivity (Wildman–Crippen MR) is 98.0 cm³/mol. The second-order valence-corrected chi connectivity index (χ2v) is 6.78. The van der Waals surface area contributed by atoms with E-state index in [1.807, 2.05) is 0 Å². The van der Waals surface area contributed by atoms with Gasteiger partial charge in [0.25, 0.3) is 11.6 Å². The molecule has 2 heterocycles. The molecule has 0 atom stereocenters. The Morgan fingerprint density at radius 3 is 2.71 bits per heavy atom. The maximum absolute atomic E-state index is 12.6. The fourth-order valence-electron chi connectivity index (χ4n) is 2.08. The largest absolute Gasteiger partial charge is 0.276 e. The molecule has 1 amide bonds. The van der Waals surface area contributed by atoms with Gasteiger partial charge >= 0.3 is 0 Å². The average molecular weight is 378 g/mol. The van der Waals surface area contributed by atoms with Crippen molar-refractivity contribution in [2.24, 2.45) is 0 Å². The Bertz CT molecular complexity index is 884. The van der Waals surface area contributed by atoms with E-state index in [1.54, 1.807) is 30.3 Å². The van der Waals surface area contributed by atoms with Gasteiger partial charge in [-0.05, 0) is 24.3 Å². The zero-order valence-electron chi connectivity index (χ0n) is 11.9. The van der Waals surface area contributed by atoms with Crippen LogP contribution in [0.3, 0.4) is 0 Å². The summed E-state index contributed by atoms with van der Waals surface area (Å²) < 4.78 is 0.305. The Labute approximate surface area is 151 Å². The molecule has 0 saturated carbocycles. The van der Waals surface area contributed by atoms with Crippen LogP contribution in [0.5, 0.6) is 0 Å². The van der Waals surface area contributed by atoms with Gasteiger partial charge in [0.05, 0.1) is 20.4 Å². The lowest BCUT2D eigenvalue weighted by atomic mass is 10.1. The molecule has 24 heavy (non-hydrogen) atoms. The van der Waals surface area contributed by atoms with Crippen LogP contribution in [0.15, 0.2) is 47.5 Å². The highest BCUT2D eigenvalue weighted by atomic mass is 35.5. The van der Waals surface area contributed by atoms with Crippen LogP contribution in [0.1, 0.15) is 5.56 Å². The minimum atomic E-state index is -0.493. The van der Waals surface area contributed by atoms with E-state index in [0.717, 1.165) is 11.8 Å². The molecule has 1 aliphatic heterocycles. The van der Waals surface area contributed by atoms with Crippen molar-refractivity contribution in [2.45, 2.75) is 0 Å². The van der Waals surface area contributed by atoms with Crippen LogP contribution in [0.4, 0.5) is 11.5 Å². The maximum Gasteiger partial charge on any atom is 0.276 e. The topological polar surface area (TPSA) is 76.3 Å². The molecular formula is C15H8ClN3O3S2. The van der Waals surface area contributed by atoms with Crippen LogP contribution in [0.2, 0.25) is 5.02 Å². The standard InChI is InChI=1S/C15H8ClN3O3S2/c16-10-5-6-13(17-8-10)18-14(20)12(24-15(18)23)7-9-3-1-2-4-11(9)19(21)22/h1-8H/b12-7-. The number of nitrogens with zero attached hydrogens (tertiary/aromatic N) is 3. The molecule has 1 aromatic heterocycles. The highest BCUT2D eigenvalue weighted by Crippen LogP contribution is 2.36. The average Bonchev–Trinajstić information content (AvgIpc) is 2.83. The smallest absolute Gasteiger partial charge is 0.268 e. The summed E-state index contributed by atoms with van der Waals surface area (Å²) in [7, 11) is 0. The quantitative estimate of drug-likeness (QED) is 0.347. The van der Waals surface area contributed by atoms with Crippen LogP contribution in [-0.4, -0.2) is 20.1 Å². The molecule has 1 fully saturated rings. The van der Waals surface area contributed by atoms with Crippen molar-refractivity contribution in [3.63, 3.8) is 0 Å². The van der Waals surface area contributed by atoms with Crippen LogP contribution in [-0.2, 0) is 4.79 Å². The Balaban J connectivity index is 1.97. The molecule has 0 unspecified atom stereocenters. The zero-order valence-corrected chi connectivity index (χ0v) is 14.3. The predicted octanol–water partition coefficient (Wildman–Crippen LogP) is 4.05. The zero-order chi connectivity index (χ0) is 17.3. The number of hydrogen-bond acceptors (Lipinski definition) is 6. The molecule has 9 heteroatoms. The van der Waals surface area contributed by atoms with E-state index in [4.69, 9.17) is 23.8 Å². The first kappa shape index (κ1) is 16.6. The molecule has 2 aromatic rings. The van der Waals surface area contributed by atoms with E-state index >= 15 is 0 Å². The fraction of sp³-hybridized carbons (Fsp3) is 0. The minimum Gasteiger partial charge on any atom is -0.268 e. The summed E-state index contributed by atoms with van der Waals surface area (Å²) >= 11 is 12.1. The number of thiocarbonyl (C=S) groups is 1. The lowest BCUT2D eigenvalue weighted by Crippen LogP contribution is -2.28. The molecular weight excluding hydrogens is 370 g/mol. The maximum atomic E-state index is 12.6. The molecule has 3 rings (SSSR count). The first-order chi connectivity index (χ1) is 11.5. The molecule has 0 bridgehead atoms. The Hall–Kier alpha value is -2.29. The summed E-state index contributed by atoms with van der Waals surface area (Å²) in [6.07, 6.45) is 2.88. The number of nitro benzene ring substituents is 1. The number of amides is 1. The van der Waals surface area contributed by atoms with E-state index in [2.05, 4.69) is 4.98 Å². The van der Waals surface area contributed by atoms with Crippen molar-refractivity contribution < 1.29 is 9.72 Å². The number of para-hydroxylation sites is 1. The third-order valence-corrected chi connectivity index (χ3v) is 4.68. The van der Waals surface area contributed by atoms with Crippen molar-refractivity contribution in [3.8, 4) is 0 Å². The van der Waals surface area contributed by atoms with Crippen LogP contribution in [0.25, 0.3) is 6.08 Å². The van der Waals surface area contributed by atoms with Gasteiger partial charge in [0.15, 0.2) is 4.32 Å². The lowest BCUT2D eigenvalue weighted by Gasteiger charge is -2.12. The van der Waals surface area contributed by atoms with Gasteiger partial charge in [-0.1, -0.05) is 47.7 Å². The molecule has 1 saturated heterocycles. The summed E-state index contributed by atoms with van der Waals surface area (Å²) in [5.41, 5.74) is 0.263. The van der Waals surface area contributed by atoms with Gasteiger partial charge in [-0.15, -0.1) is 0 Å². The number of thioether (sulfide) groups is 1. The van der Waals surface area contributed by atoms with Gasteiger partial charge in [0.2, 0.25) is 0 Å². The van der Waals surface area contributed by atoms with Crippen molar-refractivity contribution in [2.75, 3.05) is 4.90 Å². The third-order valence-electron chi connectivity index (χ3n) is 3.15. The van der Waals surface area contributed by atoms with Crippen molar-refractivity contribution in [1.29, 1.82) is 0 Å². The highest BCUT2D eigenvalue weighted by Gasteiger charge is 2.34. The lowest BCUT2D eigenvalue weighted by molar-refractivity contribution is -0.385. The van der Waals surface area contributed by atoms with E-state index in [9.17, 15) is 14.9 Å². The number of carbonyl (C=O) groups excluding carboxylic acids is 1. The normalized spacial score (nSPS) is 16.0. The summed E-state index contributed by atoms with van der Waals surface area (Å²) in [4.78, 5) is 28.8. The number of anilines is 1. The van der Waals surface area contributed by atoms with E-state index < -0.39 is 4.92 Å². The van der Waals surface area contributed by atoms with Gasteiger partial charge in [0.1, 0.15) is 5.82 Å². The number of aromatic nitrogens is 1. The van der Waals surface area contributed by atoms with Gasteiger partial charge in [-0.25, -0.2) is 9.88 Å². The Morgan fingerprint density at radius 2 is 2.04 bits per heavy atom. The fourth-order valence-corrected chi connectivity index (χ4v) is 3.46. The van der Waals surface area contributed by atoms with Gasteiger partial charge in [-0.2, -0.15) is 0 Å². The highest BCUT2D eigenvalue weighted by molar-refractivity contribution is 8.27. The number of rotatable bonds is 3. The summed E-state index contributed by atoms with van der Waals surface area (Å²) in [6.45, 7) is 0. The van der Waals surface area contributed by atoms with Crippen molar-refractivity contribution in [1.82, 2.24) is 4.98 Å². The molecule has 0 aliphatic carbocycles. The number of carbonyl (C=O) groups is 1. The Morgan fingerprint density at radius 1 is 1.29 bits per heavy atom. The summed E-state index contributed by atoms with van der Waals surface area (Å²) in [6, 6.07) is 9.38. The third kappa shape index (κ3) is 3.16. The van der Waals surface area contributed by atoms with Crippen LogP contribution >= 0.6 is 35.6 Å². The molecule has 120 valence electrons. The first-order valence-corrected chi connectivity index (χ1v) is 8.20. The van der Waals surface area contributed by atoms with E-state index in [1.165, 1.54) is 23.2 Å². The van der Waals surface area contributed by atoms with Crippen LogP contribution in [0, 0.1) is 10.1 Å². The summed E-state index contributed by atoms with van der Waals surface area (Å²) in [5, 5.41) is 11.5. The molecule has 0 spiro atoms. The molecule has 0 radical (unpaired) electrons. The number of nitro groups is 1. The van der Waals surface area contributed by atoms with Gasteiger partial charge in [-0.3, -0.25) is 14.9 Å².